The van der Waals surface area contributed by atoms with Crippen molar-refractivity contribution in [2.24, 2.45) is 11.8 Å². The van der Waals surface area contributed by atoms with Gasteiger partial charge in [-0.05, 0) is 47.2 Å². The highest BCUT2D eigenvalue weighted by Gasteiger charge is 2.73. The molecule has 4 aliphatic rings. The van der Waals surface area contributed by atoms with Crippen LogP contribution in [0.4, 0.5) is 5.69 Å². The number of carbonyl (C=O) groups is 2. The summed E-state index contributed by atoms with van der Waals surface area (Å²) in [5, 5.41) is 0. The number of hydrogen-bond donors (Lipinski definition) is 0. The number of hydrogen-bond acceptors (Lipinski definition) is 2. The molecule has 0 aromatic heterocycles. The second-order valence-corrected chi connectivity index (χ2v) is 9.91. The second kappa shape index (κ2) is 5.99. The lowest BCUT2D eigenvalue weighted by molar-refractivity contribution is -0.122. The van der Waals surface area contributed by atoms with Crippen LogP contribution >= 0.6 is 23.2 Å². The Labute approximate surface area is 190 Å². The summed E-state index contributed by atoms with van der Waals surface area (Å²) in [7, 11) is 0. The third-order valence-electron chi connectivity index (χ3n) is 7.25. The molecule has 1 saturated heterocycles. The Hall–Kier alpha value is -2.62. The molecular weight excluding hydrogens is 429 g/mol. The topological polar surface area (TPSA) is 37.4 Å². The van der Waals surface area contributed by atoms with Crippen molar-refractivity contribution in [2.45, 2.75) is 23.6 Å². The molecule has 0 unspecified atom stereocenters. The lowest BCUT2D eigenvalue weighted by Gasteiger charge is -2.54. The van der Waals surface area contributed by atoms with E-state index in [1.807, 2.05) is 80.6 Å². The van der Waals surface area contributed by atoms with Gasteiger partial charge in [-0.25, -0.2) is 4.90 Å². The van der Waals surface area contributed by atoms with Gasteiger partial charge in [-0.2, -0.15) is 0 Å². The van der Waals surface area contributed by atoms with E-state index in [2.05, 4.69) is 0 Å². The van der Waals surface area contributed by atoms with Gasteiger partial charge in [-0.15, -0.1) is 23.2 Å². The zero-order valence-electron chi connectivity index (χ0n) is 17.0. The van der Waals surface area contributed by atoms with Crippen LogP contribution in [0.25, 0.3) is 0 Å². The number of alkyl halides is 2. The van der Waals surface area contributed by atoms with Crippen molar-refractivity contribution < 1.29 is 9.59 Å². The van der Waals surface area contributed by atoms with Gasteiger partial charge in [-0.1, -0.05) is 66.7 Å². The van der Waals surface area contributed by atoms with Crippen molar-refractivity contribution in [1.82, 2.24) is 0 Å². The number of benzene rings is 3. The molecule has 0 radical (unpaired) electrons. The van der Waals surface area contributed by atoms with E-state index in [1.54, 1.807) is 0 Å². The Morgan fingerprint density at radius 1 is 0.645 bits per heavy atom. The Bertz CT molecular complexity index is 1170. The summed E-state index contributed by atoms with van der Waals surface area (Å²) in [5.74, 6) is -2.11. The molecule has 0 N–H and O–H groups in total. The standard InChI is InChI=1S/C26H19Cl2NO2/c1-14-8-7-9-15(2)22(14)29-23(30)20-21(24(29)31)26(28)17-11-4-3-10-16(17)25(20,27)18-12-5-6-13-19(18)26/h3-13,20-21H,1-2H3/t20-,21-,25?,26?/m1/s1. The Morgan fingerprint density at radius 2 is 1.00 bits per heavy atom. The van der Waals surface area contributed by atoms with Crippen LogP contribution in [0.3, 0.4) is 0 Å². The number of halogens is 2. The van der Waals surface area contributed by atoms with Crippen LogP contribution in [0.5, 0.6) is 0 Å². The summed E-state index contributed by atoms with van der Waals surface area (Å²) in [6.07, 6.45) is 0. The van der Waals surface area contributed by atoms with E-state index >= 15 is 0 Å². The van der Waals surface area contributed by atoms with E-state index in [4.69, 9.17) is 23.2 Å². The fourth-order valence-corrected chi connectivity index (χ4v) is 7.14. The minimum atomic E-state index is -1.15. The van der Waals surface area contributed by atoms with Gasteiger partial charge in [0, 0.05) is 0 Å². The van der Waals surface area contributed by atoms with E-state index in [0.29, 0.717) is 5.69 Å². The van der Waals surface area contributed by atoms with E-state index in [-0.39, 0.29) is 11.8 Å². The zero-order chi connectivity index (χ0) is 21.7. The largest absolute Gasteiger partial charge is 0.274 e. The summed E-state index contributed by atoms with van der Waals surface area (Å²) < 4.78 is 0. The maximum Gasteiger partial charge on any atom is 0.240 e. The molecule has 3 aliphatic carbocycles. The first-order chi connectivity index (χ1) is 14.8. The van der Waals surface area contributed by atoms with Crippen molar-refractivity contribution in [3.05, 3.63) is 100 Å². The van der Waals surface area contributed by atoms with E-state index in [1.165, 1.54) is 4.90 Å². The van der Waals surface area contributed by atoms with Crippen LogP contribution in [0.1, 0.15) is 33.4 Å². The molecule has 5 heteroatoms. The van der Waals surface area contributed by atoms with E-state index in [9.17, 15) is 9.59 Å². The number of anilines is 1. The summed E-state index contributed by atoms with van der Waals surface area (Å²) in [6.45, 7) is 3.83. The monoisotopic (exact) mass is 447 g/mol. The van der Waals surface area contributed by atoms with Gasteiger partial charge in [0.05, 0.1) is 17.5 Å². The molecule has 154 valence electrons. The van der Waals surface area contributed by atoms with Crippen LogP contribution in [-0.2, 0) is 19.3 Å². The molecule has 2 amide bonds. The maximum atomic E-state index is 14.0. The molecule has 2 bridgehead atoms. The van der Waals surface area contributed by atoms with Gasteiger partial charge >= 0.3 is 0 Å². The minimum Gasteiger partial charge on any atom is -0.274 e. The summed E-state index contributed by atoms with van der Waals surface area (Å²) >= 11 is 14.9. The molecule has 3 aromatic carbocycles. The van der Waals surface area contributed by atoms with Gasteiger partial charge in [0.25, 0.3) is 0 Å². The Morgan fingerprint density at radius 3 is 1.35 bits per heavy atom. The second-order valence-electron chi connectivity index (χ2n) is 8.72. The summed E-state index contributed by atoms with van der Waals surface area (Å²) in [6, 6.07) is 21.1. The molecule has 0 saturated carbocycles. The van der Waals surface area contributed by atoms with Crippen molar-refractivity contribution in [2.75, 3.05) is 4.90 Å². The molecule has 1 fully saturated rings. The summed E-state index contributed by atoms with van der Waals surface area (Å²) in [5.41, 5.74) is 5.64. The smallest absolute Gasteiger partial charge is 0.240 e. The van der Waals surface area contributed by atoms with Gasteiger partial charge in [-0.3, -0.25) is 9.59 Å². The highest BCUT2D eigenvalue weighted by Crippen LogP contribution is 2.69. The first-order valence-corrected chi connectivity index (χ1v) is 11.1. The van der Waals surface area contributed by atoms with Crippen molar-refractivity contribution in [3.8, 4) is 0 Å². The number of rotatable bonds is 1. The third-order valence-corrected chi connectivity index (χ3v) is 8.53. The fraction of sp³-hybridized carbons (Fsp3) is 0.231. The summed E-state index contributed by atoms with van der Waals surface area (Å²) in [4.78, 5) is 27.0. The third kappa shape index (κ3) is 2.02. The first-order valence-electron chi connectivity index (χ1n) is 10.3. The van der Waals surface area contributed by atoms with Crippen LogP contribution in [0, 0.1) is 25.7 Å². The highest BCUT2D eigenvalue weighted by molar-refractivity contribution is 6.38. The molecule has 31 heavy (non-hydrogen) atoms. The quantitative estimate of drug-likeness (QED) is 0.369. The number of amides is 2. The molecule has 2 atom stereocenters. The fourth-order valence-electron chi connectivity index (χ4n) is 6.05. The number of aryl methyl sites for hydroxylation is 2. The van der Waals surface area contributed by atoms with Crippen LogP contribution in [-0.4, -0.2) is 11.8 Å². The number of imide groups is 1. The zero-order valence-corrected chi connectivity index (χ0v) is 18.5. The molecule has 1 aliphatic heterocycles. The molecule has 3 aromatic rings. The molecule has 3 nitrogen and oxygen atoms in total. The van der Waals surface area contributed by atoms with Crippen molar-refractivity contribution in [1.29, 1.82) is 0 Å². The Balaban J connectivity index is 1.68. The number of carbonyl (C=O) groups excluding carboxylic acids is 2. The number of nitrogens with zero attached hydrogens (tertiary/aromatic N) is 1. The van der Waals surface area contributed by atoms with Crippen molar-refractivity contribution >= 4 is 40.7 Å². The highest BCUT2D eigenvalue weighted by atomic mass is 35.5. The van der Waals surface area contributed by atoms with Gasteiger partial charge < -0.3 is 0 Å². The van der Waals surface area contributed by atoms with Crippen LogP contribution < -0.4 is 4.90 Å². The molecule has 7 rings (SSSR count). The van der Waals surface area contributed by atoms with E-state index < -0.39 is 21.6 Å². The van der Waals surface area contributed by atoms with Crippen LogP contribution in [0.15, 0.2) is 66.7 Å². The average Bonchev–Trinajstić information content (AvgIpc) is 3.04. The maximum absolute atomic E-state index is 14.0. The van der Waals surface area contributed by atoms with Crippen molar-refractivity contribution in [3.63, 3.8) is 0 Å². The first kappa shape index (κ1) is 19.1. The lowest BCUT2D eigenvalue weighted by atomic mass is 9.54. The Kier molecular flexibility index (Phi) is 3.69. The minimum absolute atomic E-state index is 0.281. The predicted molar refractivity (Wildman–Crippen MR) is 122 cm³/mol. The van der Waals surface area contributed by atoms with E-state index in [0.717, 1.165) is 33.4 Å². The number of para-hydroxylation sites is 1. The normalized spacial score (nSPS) is 30.3. The van der Waals surface area contributed by atoms with Gasteiger partial charge in [0.2, 0.25) is 11.8 Å². The predicted octanol–water partition coefficient (Wildman–Crippen LogP) is 5.40. The molecule has 1 heterocycles. The SMILES string of the molecule is Cc1cccc(C)c1N1C(=O)[C@H]2[C@H](C1=O)C1(Cl)c3ccccc3C2(Cl)c2ccccc21. The van der Waals surface area contributed by atoms with Crippen LogP contribution in [0.2, 0.25) is 0 Å². The lowest BCUT2D eigenvalue weighted by Crippen LogP contribution is -2.57. The molecule has 0 spiro atoms. The average molecular weight is 448 g/mol. The van der Waals surface area contributed by atoms with Gasteiger partial charge in [0.15, 0.2) is 0 Å². The van der Waals surface area contributed by atoms with Gasteiger partial charge in [0.1, 0.15) is 9.75 Å². The molecular formula is C26H19Cl2NO2.